The van der Waals surface area contributed by atoms with Gasteiger partial charge in [0.1, 0.15) is 18.8 Å². The molecule has 0 radical (unpaired) electrons. The molecule has 12 nitrogen and oxygen atoms in total. The van der Waals surface area contributed by atoms with Crippen LogP contribution in [0.15, 0.2) is 24.3 Å². The van der Waals surface area contributed by atoms with Gasteiger partial charge in [-0.2, -0.15) is 0 Å². The number of unbranched alkanes of at least 4 members (excludes halogenated alkanes) is 32. The van der Waals surface area contributed by atoms with E-state index in [0.717, 1.165) is 103 Å². The first-order valence-corrected chi connectivity index (χ1v) is 29.3. The Morgan fingerprint density at radius 1 is 0.451 bits per heavy atom. The van der Waals surface area contributed by atoms with Crippen molar-refractivity contribution in [2.45, 2.75) is 314 Å². The van der Waals surface area contributed by atoms with Gasteiger partial charge in [-0.3, -0.25) is 14.4 Å². The lowest BCUT2D eigenvalue weighted by atomic mass is 9.98. The lowest BCUT2D eigenvalue weighted by molar-refractivity contribution is -0.301. The van der Waals surface area contributed by atoms with Crippen LogP contribution in [0.2, 0.25) is 0 Å². The highest BCUT2D eigenvalue weighted by atomic mass is 16.7. The normalized spacial score (nSPS) is 18.6. The van der Waals surface area contributed by atoms with Gasteiger partial charge in [0.15, 0.2) is 24.6 Å². The Bertz CT molecular complexity index is 1340. The second-order valence-corrected chi connectivity index (χ2v) is 20.3. The molecule has 6 unspecified atom stereocenters. The van der Waals surface area contributed by atoms with Crippen LogP contribution in [0, 0.1) is 0 Å². The van der Waals surface area contributed by atoms with Crippen LogP contribution in [-0.2, 0) is 42.9 Å². The molecule has 71 heavy (non-hydrogen) atoms. The maximum Gasteiger partial charge on any atom is 0.335 e. The van der Waals surface area contributed by atoms with Crippen molar-refractivity contribution in [2.75, 3.05) is 13.2 Å². The van der Waals surface area contributed by atoms with E-state index in [1.54, 1.807) is 0 Å². The van der Waals surface area contributed by atoms with Crippen molar-refractivity contribution in [1.29, 1.82) is 0 Å². The molecule has 1 rings (SSSR count). The van der Waals surface area contributed by atoms with E-state index < -0.39 is 67.3 Å². The summed E-state index contributed by atoms with van der Waals surface area (Å²) in [4.78, 5) is 51.0. The number of aliphatic carboxylic acids is 1. The lowest BCUT2D eigenvalue weighted by Gasteiger charge is -2.40. The van der Waals surface area contributed by atoms with Crippen LogP contribution in [0.1, 0.15) is 278 Å². The number of aliphatic hydroxyl groups excluding tert-OH is 2. The number of carboxylic acid groups (broad SMARTS) is 1. The molecule has 1 aliphatic rings. The first kappa shape index (κ1) is 66.2. The standard InChI is InChI=1S/C59H106O12/c1-4-7-10-13-16-19-22-25-26-29-30-33-36-39-42-45-51(60)67-48-50(69-52(61)46-43-40-37-34-31-27-23-20-17-14-11-8-5-2)49-68-59-57(55(64)54(63)56(71-59)58(65)66)70-53(62)47-44-41-38-35-32-28-24-21-18-15-12-9-6-3/h20,23,25-26,50,54-57,59,63-64H,4-19,21-22,24,27-49H2,1-3H3,(H,65,66)/b23-20-,26-25-. The van der Waals surface area contributed by atoms with Crippen molar-refractivity contribution in [3.8, 4) is 0 Å². The topological polar surface area (TPSA) is 175 Å². The molecule has 1 aliphatic heterocycles. The smallest absolute Gasteiger partial charge is 0.335 e. The molecule has 1 fully saturated rings. The van der Waals surface area contributed by atoms with Gasteiger partial charge in [-0.15, -0.1) is 0 Å². The number of allylic oxidation sites excluding steroid dienone is 4. The Labute approximate surface area is 432 Å². The number of carbonyl (C=O) groups excluding carboxylic acids is 3. The quantitative estimate of drug-likeness (QED) is 0.0228. The van der Waals surface area contributed by atoms with E-state index in [9.17, 15) is 34.5 Å². The molecule has 0 spiro atoms. The summed E-state index contributed by atoms with van der Waals surface area (Å²) in [5, 5.41) is 31.4. The van der Waals surface area contributed by atoms with Crippen molar-refractivity contribution >= 4 is 23.9 Å². The van der Waals surface area contributed by atoms with Crippen molar-refractivity contribution < 1.29 is 58.2 Å². The van der Waals surface area contributed by atoms with Gasteiger partial charge in [0.05, 0.1) is 6.61 Å². The van der Waals surface area contributed by atoms with Gasteiger partial charge in [-0.25, -0.2) is 4.79 Å². The van der Waals surface area contributed by atoms with E-state index in [2.05, 4.69) is 45.1 Å². The number of esters is 3. The molecular formula is C59H106O12. The van der Waals surface area contributed by atoms with Crippen molar-refractivity contribution in [3.63, 3.8) is 0 Å². The van der Waals surface area contributed by atoms with Crippen molar-refractivity contribution in [3.05, 3.63) is 24.3 Å². The zero-order chi connectivity index (χ0) is 51.8. The maximum absolute atomic E-state index is 13.1. The second kappa shape index (κ2) is 48.2. The average molecular weight is 1010 g/mol. The van der Waals surface area contributed by atoms with Gasteiger partial charge in [0.2, 0.25) is 0 Å². The van der Waals surface area contributed by atoms with Gasteiger partial charge >= 0.3 is 23.9 Å². The van der Waals surface area contributed by atoms with Gasteiger partial charge in [0, 0.05) is 19.3 Å². The fraction of sp³-hybridized carbons (Fsp3) is 0.864. The Kier molecular flexibility index (Phi) is 44.9. The number of carbonyl (C=O) groups is 4. The first-order valence-electron chi connectivity index (χ1n) is 29.3. The molecule has 1 saturated heterocycles. The molecule has 0 aromatic heterocycles. The lowest BCUT2D eigenvalue weighted by Crippen LogP contribution is -2.61. The molecule has 0 aromatic carbocycles. The minimum absolute atomic E-state index is 0.0648. The van der Waals surface area contributed by atoms with Crippen molar-refractivity contribution in [1.82, 2.24) is 0 Å². The molecule has 0 saturated carbocycles. The average Bonchev–Trinajstić information content (AvgIpc) is 3.35. The number of carboxylic acids is 1. The van der Waals surface area contributed by atoms with E-state index in [4.69, 9.17) is 23.7 Å². The van der Waals surface area contributed by atoms with E-state index in [-0.39, 0.29) is 25.9 Å². The molecule has 6 atom stereocenters. The highest BCUT2D eigenvalue weighted by Gasteiger charge is 2.50. The summed E-state index contributed by atoms with van der Waals surface area (Å²) in [5.74, 6) is -3.11. The molecule has 12 heteroatoms. The predicted octanol–water partition coefficient (Wildman–Crippen LogP) is 14.7. The van der Waals surface area contributed by atoms with E-state index >= 15 is 0 Å². The maximum atomic E-state index is 13.1. The molecule has 0 bridgehead atoms. The zero-order valence-corrected chi connectivity index (χ0v) is 45.5. The van der Waals surface area contributed by atoms with E-state index in [0.29, 0.717) is 19.3 Å². The summed E-state index contributed by atoms with van der Waals surface area (Å²) < 4.78 is 28.4. The largest absolute Gasteiger partial charge is 0.479 e. The Morgan fingerprint density at radius 3 is 1.21 bits per heavy atom. The number of ether oxygens (including phenoxy) is 5. The van der Waals surface area contributed by atoms with Crippen LogP contribution >= 0.6 is 0 Å². The molecular weight excluding hydrogens is 901 g/mol. The molecule has 0 amide bonds. The molecule has 1 heterocycles. The molecule has 0 aliphatic carbocycles. The first-order chi connectivity index (χ1) is 34.6. The summed E-state index contributed by atoms with van der Waals surface area (Å²) in [6, 6.07) is 0. The third kappa shape index (κ3) is 38.4. The minimum atomic E-state index is -1.90. The Hall–Kier alpha value is -2.80. The fourth-order valence-electron chi connectivity index (χ4n) is 8.95. The third-order valence-electron chi connectivity index (χ3n) is 13.5. The van der Waals surface area contributed by atoms with Crippen LogP contribution in [0.4, 0.5) is 0 Å². The van der Waals surface area contributed by atoms with Crippen LogP contribution in [-0.4, -0.2) is 89.2 Å². The number of aliphatic hydroxyl groups is 2. The Balaban J connectivity index is 2.70. The molecule has 414 valence electrons. The summed E-state index contributed by atoms with van der Waals surface area (Å²) >= 11 is 0. The fourth-order valence-corrected chi connectivity index (χ4v) is 8.95. The summed E-state index contributed by atoms with van der Waals surface area (Å²) in [7, 11) is 0. The van der Waals surface area contributed by atoms with Crippen LogP contribution in [0.3, 0.4) is 0 Å². The highest BCUT2D eigenvalue weighted by molar-refractivity contribution is 5.74. The molecule has 0 aromatic rings. The van der Waals surface area contributed by atoms with Gasteiger partial charge in [0.25, 0.3) is 0 Å². The van der Waals surface area contributed by atoms with Gasteiger partial charge in [-0.05, 0) is 70.6 Å². The predicted molar refractivity (Wildman–Crippen MR) is 285 cm³/mol. The number of hydrogen-bond acceptors (Lipinski definition) is 11. The van der Waals surface area contributed by atoms with E-state index in [1.807, 2.05) is 0 Å². The molecule has 3 N–H and O–H groups in total. The van der Waals surface area contributed by atoms with E-state index in [1.165, 1.54) is 116 Å². The SMILES string of the molecule is CCCCCC/C=C\CCCCCCCC(=O)OC(COC(=O)CCCCCCC/C=C\CCCCCCCC)COC1OC(C(=O)O)C(O)C(O)C1OC(=O)CCCCCCCCCCCCCCC. The van der Waals surface area contributed by atoms with Crippen LogP contribution in [0.25, 0.3) is 0 Å². The minimum Gasteiger partial charge on any atom is -0.479 e. The highest BCUT2D eigenvalue weighted by Crippen LogP contribution is 2.26. The van der Waals surface area contributed by atoms with Gasteiger partial charge < -0.3 is 39.0 Å². The van der Waals surface area contributed by atoms with Crippen molar-refractivity contribution in [2.24, 2.45) is 0 Å². The third-order valence-corrected chi connectivity index (χ3v) is 13.5. The van der Waals surface area contributed by atoms with Crippen LogP contribution < -0.4 is 0 Å². The van der Waals surface area contributed by atoms with Gasteiger partial charge in [-0.1, -0.05) is 212 Å². The second-order valence-electron chi connectivity index (χ2n) is 20.3. The summed E-state index contributed by atoms with van der Waals surface area (Å²) in [6.07, 6.45) is 41.5. The Morgan fingerprint density at radius 2 is 0.803 bits per heavy atom. The van der Waals surface area contributed by atoms with Crippen LogP contribution in [0.5, 0.6) is 0 Å². The number of rotatable bonds is 50. The summed E-state index contributed by atoms with van der Waals surface area (Å²) in [5.41, 5.74) is 0. The monoisotopic (exact) mass is 1010 g/mol. The zero-order valence-electron chi connectivity index (χ0n) is 45.5. The number of hydrogen-bond donors (Lipinski definition) is 3. The summed E-state index contributed by atoms with van der Waals surface area (Å²) in [6.45, 7) is 5.97.